The SMILES string of the molecule is CCCNC(c1cc(C)cc(F)c1)c1cscc1Br. The van der Waals surface area contributed by atoms with Crippen LogP contribution in [0.3, 0.4) is 0 Å². The van der Waals surface area contributed by atoms with Crippen LogP contribution in [-0.4, -0.2) is 6.54 Å². The van der Waals surface area contributed by atoms with E-state index in [1.807, 2.05) is 13.0 Å². The van der Waals surface area contributed by atoms with Gasteiger partial charge < -0.3 is 5.32 Å². The summed E-state index contributed by atoms with van der Waals surface area (Å²) >= 11 is 5.22. The molecule has 0 radical (unpaired) electrons. The third-order valence-electron chi connectivity index (χ3n) is 2.95. The number of hydrogen-bond acceptors (Lipinski definition) is 2. The zero-order valence-corrected chi connectivity index (χ0v) is 13.4. The first-order valence-corrected chi connectivity index (χ1v) is 8.07. The molecule has 1 unspecified atom stereocenters. The number of thiophene rings is 1. The van der Waals surface area contributed by atoms with Gasteiger partial charge in [-0.3, -0.25) is 0 Å². The summed E-state index contributed by atoms with van der Waals surface area (Å²) in [5, 5.41) is 7.66. The number of halogens is 2. The molecule has 1 aromatic heterocycles. The van der Waals surface area contributed by atoms with Crippen molar-refractivity contribution in [3.8, 4) is 0 Å². The van der Waals surface area contributed by atoms with E-state index in [1.165, 1.54) is 5.56 Å². The summed E-state index contributed by atoms with van der Waals surface area (Å²) in [5.41, 5.74) is 3.10. The minimum absolute atomic E-state index is 0.0370. The van der Waals surface area contributed by atoms with Crippen molar-refractivity contribution in [2.24, 2.45) is 0 Å². The second-order valence-corrected chi connectivity index (χ2v) is 6.22. The maximum absolute atomic E-state index is 13.6. The topological polar surface area (TPSA) is 12.0 Å². The van der Waals surface area contributed by atoms with E-state index in [1.54, 1.807) is 23.5 Å². The van der Waals surface area contributed by atoms with Crippen LogP contribution in [0, 0.1) is 12.7 Å². The Morgan fingerprint density at radius 3 is 2.68 bits per heavy atom. The summed E-state index contributed by atoms with van der Waals surface area (Å²) in [4.78, 5) is 0. The van der Waals surface area contributed by atoms with E-state index in [-0.39, 0.29) is 11.9 Å². The summed E-state index contributed by atoms with van der Waals surface area (Å²) in [5.74, 6) is -0.176. The molecule has 0 aliphatic rings. The molecule has 4 heteroatoms. The van der Waals surface area contributed by atoms with Gasteiger partial charge in [-0.15, -0.1) is 0 Å². The fourth-order valence-electron chi connectivity index (χ4n) is 2.12. The van der Waals surface area contributed by atoms with E-state index in [2.05, 4.69) is 38.9 Å². The third-order valence-corrected chi connectivity index (χ3v) is 4.70. The fraction of sp³-hybridized carbons (Fsp3) is 0.333. The van der Waals surface area contributed by atoms with Gasteiger partial charge in [0, 0.05) is 9.85 Å². The Balaban J connectivity index is 2.39. The van der Waals surface area contributed by atoms with Gasteiger partial charge in [0.25, 0.3) is 0 Å². The van der Waals surface area contributed by atoms with E-state index >= 15 is 0 Å². The quantitative estimate of drug-likeness (QED) is 0.802. The van der Waals surface area contributed by atoms with E-state index in [9.17, 15) is 4.39 Å². The normalized spacial score (nSPS) is 12.6. The Morgan fingerprint density at radius 1 is 1.32 bits per heavy atom. The molecule has 1 heterocycles. The van der Waals surface area contributed by atoms with Crippen LogP contribution in [0.5, 0.6) is 0 Å². The van der Waals surface area contributed by atoms with Crippen LogP contribution < -0.4 is 5.32 Å². The van der Waals surface area contributed by atoms with E-state index < -0.39 is 0 Å². The molecule has 0 amide bonds. The van der Waals surface area contributed by atoms with Crippen LogP contribution in [0.15, 0.2) is 33.4 Å². The molecule has 0 bridgehead atoms. The molecular formula is C15H17BrFNS. The van der Waals surface area contributed by atoms with Crippen molar-refractivity contribution in [3.63, 3.8) is 0 Å². The van der Waals surface area contributed by atoms with Crippen LogP contribution in [0.1, 0.15) is 36.1 Å². The number of aryl methyl sites for hydroxylation is 1. The first-order valence-electron chi connectivity index (χ1n) is 6.34. The standard InChI is InChI=1S/C15H17BrFNS/c1-3-4-18-15(13-8-19-9-14(13)16)11-5-10(2)6-12(17)7-11/h5-9,15,18H,3-4H2,1-2H3. The minimum atomic E-state index is -0.176. The van der Waals surface area contributed by atoms with Crippen molar-refractivity contribution >= 4 is 27.3 Å². The van der Waals surface area contributed by atoms with Crippen LogP contribution in [0.25, 0.3) is 0 Å². The predicted molar refractivity (Wildman–Crippen MR) is 83.3 cm³/mol. The largest absolute Gasteiger partial charge is 0.306 e. The molecule has 2 rings (SSSR count). The lowest BCUT2D eigenvalue weighted by atomic mass is 9.99. The van der Waals surface area contributed by atoms with Crippen LogP contribution in [-0.2, 0) is 0 Å². The van der Waals surface area contributed by atoms with Gasteiger partial charge >= 0.3 is 0 Å². The van der Waals surface area contributed by atoms with Crippen molar-refractivity contribution in [2.45, 2.75) is 26.3 Å². The van der Waals surface area contributed by atoms with Gasteiger partial charge in [-0.05, 0) is 70.0 Å². The highest BCUT2D eigenvalue weighted by Gasteiger charge is 2.17. The van der Waals surface area contributed by atoms with Gasteiger partial charge in [-0.1, -0.05) is 13.0 Å². The molecule has 19 heavy (non-hydrogen) atoms. The smallest absolute Gasteiger partial charge is 0.123 e. The summed E-state index contributed by atoms with van der Waals surface area (Å²) in [6.45, 7) is 4.96. The van der Waals surface area contributed by atoms with E-state index in [0.29, 0.717) is 0 Å². The second kappa shape index (κ2) is 6.64. The van der Waals surface area contributed by atoms with E-state index in [0.717, 1.165) is 28.6 Å². The van der Waals surface area contributed by atoms with Gasteiger partial charge in [0.15, 0.2) is 0 Å². The third kappa shape index (κ3) is 3.65. The Kier molecular flexibility index (Phi) is 5.13. The minimum Gasteiger partial charge on any atom is -0.306 e. The summed E-state index contributed by atoms with van der Waals surface area (Å²) in [7, 11) is 0. The molecule has 0 spiro atoms. The highest BCUT2D eigenvalue weighted by Crippen LogP contribution is 2.32. The van der Waals surface area contributed by atoms with Crippen molar-refractivity contribution in [3.05, 3.63) is 55.9 Å². The average Bonchev–Trinajstić information content (AvgIpc) is 2.75. The Labute approximate surface area is 126 Å². The number of hydrogen-bond donors (Lipinski definition) is 1. The molecule has 1 N–H and O–H groups in total. The highest BCUT2D eigenvalue weighted by atomic mass is 79.9. The molecule has 0 aliphatic carbocycles. The van der Waals surface area contributed by atoms with Gasteiger partial charge in [0.05, 0.1) is 6.04 Å². The number of rotatable bonds is 5. The first-order chi connectivity index (χ1) is 9.11. The number of benzene rings is 1. The zero-order valence-electron chi connectivity index (χ0n) is 11.0. The van der Waals surface area contributed by atoms with Crippen LogP contribution >= 0.6 is 27.3 Å². The molecule has 0 saturated carbocycles. The van der Waals surface area contributed by atoms with Gasteiger partial charge in [-0.2, -0.15) is 11.3 Å². The van der Waals surface area contributed by atoms with Gasteiger partial charge in [0.2, 0.25) is 0 Å². The monoisotopic (exact) mass is 341 g/mol. The molecule has 1 atom stereocenters. The Morgan fingerprint density at radius 2 is 2.11 bits per heavy atom. The van der Waals surface area contributed by atoms with E-state index in [4.69, 9.17) is 0 Å². The maximum Gasteiger partial charge on any atom is 0.123 e. The molecule has 1 nitrogen and oxygen atoms in total. The Bertz CT molecular complexity index is 533. The van der Waals surface area contributed by atoms with Crippen molar-refractivity contribution in [2.75, 3.05) is 6.54 Å². The molecule has 0 fully saturated rings. The van der Waals surface area contributed by atoms with Gasteiger partial charge in [0.1, 0.15) is 5.82 Å². The molecule has 0 aliphatic heterocycles. The van der Waals surface area contributed by atoms with Crippen molar-refractivity contribution < 1.29 is 4.39 Å². The van der Waals surface area contributed by atoms with Gasteiger partial charge in [-0.25, -0.2) is 4.39 Å². The molecule has 2 aromatic rings. The van der Waals surface area contributed by atoms with Crippen LogP contribution in [0.4, 0.5) is 4.39 Å². The summed E-state index contributed by atoms with van der Waals surface area (Å²) in [6, 6.07) is 5.25. The Hall–Kier alpha value is -0.710. The lowest BCUT2D eigenvalue weighted by Crippen LogP contribution is -2.23. The lowest BCUT2D eigenvalue weighted by molar-refractivity contribution is 0.584. The average molecular weight is 342 g/mol. The summed E-state index contributed by atoms with van der Waals surface area (Å²) in [6.07, 6.45) is 1.05. The first kappa shape index (κ1) is 14.7. The lowest BCUT2D eigenvalue weighted by Gasteiger charge is -2.19. The fourth-order valence-corrected chi connectivity index (χ4v) is 3.68. The van der Waals surface area contributed by atoms with Crippen molar-refractivity contribution in [1.29, 1.82) is 0 Å². The molecular weight excluding hydrogens is 325 g/mol. The molecule has 1 aromatic carbocycles. The molecule has 102 valence electrons. The number of nitrogens with one attached hydrogen (secondary N) is 1. The second-order valence-electron chi connectivity index (χ2n) is 4.62. The highest BCUT2D eigenvalue weighted by molar-refractivity contribution is 9.10. The van der Waals surface area contributed by atoms with Crippen molar-refractivity contribution in [1.82, 2.24) is 5.32 Å². The predicted octanol–water partition coefficient (Wildman–Crippen LogP) is 5.05. The summed E-state index contributed by atoms with van der Waals surface area (Å²) < 4.78 is 14.7. The molecule has 0 saturated heterocycles. The van der Waals surface area contributed by atoms with Crippen LogP contribution in [0.2, 0.25) is 0 Å². The zero-order chi connectivity index (χ0) is 13.8. The maximum atomic E-state index is 13.6.